The van der Waals surface area contributed by atoms with Gasteiger partial charge in [-0.25, -0.2) is 0 Å². The number of aliphatic hydroxyl groups is 1. The van der Waals surface area contributed by atoms with Crippen LogP contribution in [0.15, 0.2) is 30.3 Å². The van der Waals surface area contributed by atoms with Crippen LogP contribution in [0.2, 0.25) is 0 Å². The molecule has 3 nitrogen and oxygen atoms in total. The summed E-state index contributed by atoms with van der Waals surface area (Å²) < 4.78 is 5.61. The molecule has 1 aliphatic rings. The molecule has 1 aromatic carbocycles. The summed E-state index contributed by atoms with van der Waals surface area (Å²) in [4.78, 5) is 11.3. The fourth-order valence-electron chi connectivity index (χ4n) is 2.44. The van der Waals surface area contributed by atoms with Gasteiger partial charge in [0.15, 0.2) is 0 Å². The Morgan fingerprint density at radius 3 is 2.50 bits per heavy atom. The van der Waals surface area contributed by atoms with Gasteiger partial charge in [0.2, 0.25) is 0 Å². The molecule has 0 heterocycles. The van der Waals surface area contributed by atoms with Gasteiger partial charge in [0.05, 0.1) is 5.60 Å². The van der Waals surface area contributed by atoms with Crippen LogP contribution in [0, 0.1) is 5.92 Å². The Kier molecular flexibility index (Phi) is 4.02. The van der Waals surface area contributed by atoms with E-state index in [4.69, 9.17) is 4.74 Å². The molecular weight excluding hydrogens is 228 g/mol. The smallest absolute Gasteiger partial charge is 0.132 e. The molecule has 0 unspecified atom stereocenters. The van der Waals surface area contributed by atoms with E-state index in [1.54, 1.807) is 6.92 Å². The third-order valence-electron chi connectivity index (χ3n) is 3.74. The number of benzene rings is 1. The predicted molar refractivity (Wildman–Crippen MR) is 69.5 cm³/mol. The molecule has 1 aliphatic carbocycles. The summed E-state index contributed by atoms with van der Waals surface area (Å²) >= 11 is 0. The number of ketones is 1. The first-order valence-electron chi connectivity index (χ1n) is 6.50. The minimum Gasteiger partial charge on any atom is -0.491 e. The molecule has 1 saturated carbocycles. The van der Waals surface area contributed by atoms with Crippen molar-refractivity contribution in [2.75, 3.05) is 6.61 Å². The monoisotopic (exact) mass is 248 g/mol. The van der Waals surface area contributed by atoms with Crippen LogP contribution in [0.5, 0.6) is 5.75 Å². The molecule has 1 N–H and O–H groups in total. The van der Waals surface area contributed by atoms with Crippen LogP contribution in [-0.2, 0) is 4.79 Å². The van der Waals surface area contributed by atoms with Gasteiger partial charge in [-0.05, 0) is 44.7 Å². The fourth-order valence-corrected chi connectivity index (χ4v) is 2.44. The van der Waals surface area contributed by atoms with Crippen LogP contribution in [-0.4, -0.2) is 23.1 Å². The van der Waals surface area contributed by atoms with E-state index in [1.807, 2.05) is 30.3 Å². The molecule has 98 valence electrons. The zero-order chi connectivity index (χ0) is 13.0. The highest BCUT2D eigenvalue weighted by Crippen LogP contribution is 2.33. The first-order chi connectivity index (χ1) is 8.59. The van der Waals surface area contributed by atoms with Crippen molar-refractivity contribution in [1.29, 1.82) is 0 Å². The normalized spacial score (nSPS) is 27.8. The van der Waals surface area contributed by atoms with Crippen molar-refractivity contribution >= 4 is 5.78 Å². The molecule has 0 aromatic heterocycles. The van der Waals surface area contributed by atoms with E-state index in [9.17, 15) is 9.90 Å². The number of hydrogen-bond donors (Lipinski definition) is 1. The van der Waals surface area contributed by atoms with Crippen LogP contribution < -0.4 is 4.74 Å². The van der Waals surface area contributed by atoms with Gasteiger partial charge in [0, 0.05) is 5.92 Å². The Labute approximate surface area is 108 Å². The van der Waals surface area contributed by atoms with Gasteiger partial charge < -0.3 is 9.84 Å². The largest absolute Gasteiger partial charge is 0.491 e. The van der Waals surface area contributed by atoms with Crippen molar-refractivity contribution in [3.63, 3.8) is 0 Å². The first kappa shape index (κ1) is 13.1. The molecule has 0 amide bonds. The maximum Gasteiger partial charge on any atom is 0.132 e. The van der Waals surface area contributed by atoms with E-state index < -0.39 is 5.60 Å². The molecule has 3 heteroatoms. The summed E-state index contributed by atoms with van der Waals surface area (Å²) in [6, 6.07) is 9.51. The lowest BCUT2D eigenvalue weighted by Crippen LogP contribution is -2.40. The second-order valence-electron chi connectivity index (χ2n) is 5.21. The Hall–Kier alpha value is -1.35. The standard InChI is InChI=1S/C15H20O3/c1-12(16)13-7-9-15(17,10-8-13)11-18-14-5-3-2-4-6-14/h2-6,13,17H,7-11H2,1H3. The van der Waals surface area contributed by atoms with Crippen LogP contribution in [0.4, 0.5) is 0 Å². The van der Waals surface area contributed by atoms with E-state index >= 15 is 0 Å². The van der Waals surface area contributed by atoms with Gasteiger partial charge in [0.25, 0.3) is 0 Å². The van der Waals surface area contributed by atoms with E-state index in [-0.39, 0.29) is 11.7 Å². The molecule has 1 aromatic rings. The zero-order valence-corrected chi connectivity index (χ0v) is 10.8. The Morgan fingerprint density at radius 2 is 1.94 bits per heavy atom. The zero-order valence-electron chi connectivity index (χ0n) is 10.8. The minimum atomic E-state index is -0.776. The summed E-state index contributed by atoms with van der Waals surface area (Å²) in [5.41, 5.74) is -0.776. The summed E-state index contributed by atoms with van der Waals surface area (Å²) in [5, 5.41) is 10.4. The molecule has 1 fully saturated rings. The molecule has 0 bridgehead atoms. The van der Waals surface area contributed by atoms with Gasteiger partial charge in [-0.15, -0.1) is 0 Å². The van der Waals surface area contributed by atoms with Gasteiger partial charge in [-0.2, -0.15) is 0 Å². The van der Waals surface area contributed by atoms with E-state index in [0.29, 0.717) is 19.4 Å². The average molecular weight is 248 g/mol. The third-order valence-corrected chi connectivity index (χ3v) is 3.74. The highest BCUT2D eigenvalue weighted by atomic mass is 16.5. The Bertz CT molecular complexity index is 391. The van der Waals surface area contributed by atoms with Crippen molar-refractivity contribution in [2.24, 2.45) is 5.92 Å². The topological polar surface area (TPSA) is 46.5 Å². The number of carbonyl (C=O) groups excluding carboxylic acids is 1. The lowest BCUT2D eigenvalue weighted by atomic mass is 9.78. The molecule has 0 radical (unpaired) electrons. The minimum absolute atomic E-state index is 0.127. The van der Waals surface area contributed by atoms with Gasteiger partial charge in [-0.1, -0.05) is 18.2 Å². The molecular formula is C15H20O3. The average Bonchev–Trinajstić information content (AvgIpc) is 2.38. The highest BCUT2D eigenvalue weighted by molar-refractivity contribution is 5.78. The van der Waals surface area contributed by atoms with Crippen molar-refractivity contribution in [3.8, 4) is 5.75 Å². The van der Waals surface area contributed by atoms with Crippen LogP contribution in [0.25, 0.3) is 0 Å². The SMILES string of the molecule is CC(=O)C1CCC(O)(COc2ccccc2)CC1. The van der Waals surface area contributed by atoms with Gasteiger partial charge in [-0.3, -0.25) is 4.79 Å². The summed E-state index contributed by atoms with van der Waals surface area (Å²) in [6.07, 6.45) is 2.82. The van der Waals surface area contributed by atoms with Crippen molar-refractivity contribution in [2.45, 2.75) is 38.2 Å². The van der Waals surface area contributed by atoms with E-state index in [1.165, 1.54) is 0 Å². The Balaban J connectivity index is 1.85. The second-order valence-corrected chi connectivity index (χ2v) is 5.21. The maximum absolute atomic E-state index is 11.3. The first-order valence-corrected chi connectivity index (χ1v) is 6.50. The lowest BCUT2D eigenvalue weighted by Gasteiger charge is -2.34. The van der Waals surface area contributed by atoms with E-state index in [0.717, 1.165) is 18.6 Å². The van der Waals surface area contributed by atoms with Gasteiger partial charge in [0.1, 0.15) is 18.1 Å². The summed E-state index contributed by atoms with van der Waals surface area (Å²) in [7, 11) is 0. The number of rotatable bonds is 4. The quantitative estimate of drug-likeness (QED) is 0.890. The maximum atomic E-state index is 11.3. The molecule has 0 saturated heterocycles. The van der Waals surface area contributed by atoms with Crippen LogP contribution >= 0.6 is 0 Å². The van der Waals surface area contributed by atoms with Crippen LogP contribution in [0.1, 0.15) is 32.6 Å². The lowest BCUT2D eigenvalue weighted by molar-refractivity contribution is -0.124. The molecule has 2 rings (SSSR count). The summed E-state index contributed by atoms with van der Waals surface area (Å²) in [5.74, 6) is 1.14. The van der Waals surface area contributed by atoms with Gasteiger partial charge >= 0.3 is 0 Å². The van der Waals surface area contributed by atoms with Crippen molar-refractivity contribution in [1.82, 2.24) is 0 Å². The molecule has 0 atom stereocenters. The second kappa shape index (κ2) is 5.53. The number of Topliss-reactive ketones (excluding diaryl/α,β-unsaturated/α-hetero) is 1. The third kappa shape index (κ3) is 3.33. The number of carbonyl (C=O) groups is 1. The number of para-hydroxylation sites is 1. The Morgan fingerprint density at radius 1 is 1.33 bits per heavy atom. The molecule has 0 spiro atoms. The van der Waals surface area contributed by atoms with Crippen molar-refractivity contribution in [3.05, 3.63) is 30.3 Å². The number of ether oxygens (including phenoxy) is 1. The summed E-state index contributed by atoms with van der Waals surface area (Å²) in [6.45, 7) is 1.94. The van der Waals surface area contributed by atoms with Crippen LogP contribution in [0.3, 0.4) is 0 Å². The predicted octanol–water partition coefficient (Wildman–Crippen LogP) is 2.58. The van der Waals surface area contributed by atoms with Crippen molar-refractivity contribution < 1.29 is 14.6 Å². The molecule has 0 aliphatic heterocycles. The highest BCUT2D eigenvalue weighted by Gasteiger charge is 2.35. The van der Waals surface area contributed by atoms with E-state index in [2.05, 4.69) is 0 Å². The number of hydrogen-bond acceptors (Lipinski definition) is 3. The molecule has 18 heavy (non-hydrogen) atoms. The fraction of sp³-hybridized carbons (Fsp3) is 0.533.